The Labute approximate surface area is 152 Å². The molecule has 0 aliphatic carbocycles. The van der Waals surface area contributed by atoms with E-state index in [9.17, 15) is 0 Å². The summed E-state index contributed by atoms with van der Waals surface area (Å²) in [4.78, 5) is 14.8. The van der Waals surface area contributed by atoms with E-state index in [0.29, 0.717) is 0 Å². The molecule has 0 unspecified atom stereocenters. The molecule has 2 heterocycles. The van der Waals surface area contributed by atoms with Crippen molar-refractivity contribution in [2.45, 2.75) is 0 Å². The maximum atomic E-state index is 4.29. The Balaban J connectivity index is 1.55. The first-order valence-electron chi connectivity index (χ1n) is 8.43. The van der Waals surface area contributed by atoms with Gasteiger partial charge < -0.3 is 4.90 Å². The first-order chi connectivity index (χ1) is 12.8. The number of anilines is 2. The van der Waals surface area contributed by atoms with Crippen molar-refractivity contribution in [2.75, 3.05) is 11.9 Å². The van der Waals surface area contributed by atoms with Gasteiger partial charge in [0, 0.05) is 48.8 Å². The van der Waals surface area contributed by atoms with Gasteiger partial charge >= 0.3 is 0 Å². The Hall–Kier alpha value is -3.53. The van der Waals surface area contributed by atoms with Gasteiger partial charge in [-0.1, -0.05) is 12.1 Å². The van der Waals surface area contributed by atoms with Crippen molar-refractivity contribution in [3.05, 3.63) is 91.5 Å². The van der Waals surface area contributed by atoms with E-state index in [0.717, 1.165) is 22.8 Å². The molecule has 0 fully saturated rings. The quantitative estimate of drug-likeness (QED) is 0.527. The smallest absolute Gasteiger partial charge is 0.159 e. The molecule has 0 amide bonds. The Morgan fingerprint density at radius 1 is 0.577 bits per heavy atom. The lowest BCUT2D eigenvalue weighted by Crippen LogP contribution is -2.09. The maximum Gasteiger partial charge on any atom is 0.159 e. The summed E-state index contributed by atoms with van der Waals surface area (Å²) < 4.78 is 0. The number of nitrogens with zero attached hydrogens (tertiary/aromatic N) is 4. The molecule has 0 bridgehead atoms. The van der Waals surface area contributed by atoms with Gasteiger partial charge in [0.1, 0.15) is 0 Å². The fourth-order valence-electron chi connectivity index (χ4n) is 2.85. The van der Waals surface area contributed by atoms with Crippen LogP contribution in [0.3, 0.4) is 0 Å². The van der Waals surface area contributed by atoms with Crippen LogP contribution in [0.15, 0.2) is 91.5 Å². The number of benzene rings is 2. The molecule has 4 nitrogen and oxygen atoms in total. The third-order valence-corrected chi connectivity index (χ3v) is 4.35. The van der Waals surface area contributed by atoms with Crippen molar-refractivity contribution in [2.24, 2.45) is 0 Å². The topological polar surface area (TPSA) is 41.9 Å². The average Bonchev–Trinajstić information content (AvgIpc) is 2.75. The molecule has 126 valence electrons. The predicted molar refractivity (Wildman–Crippen MR) is 105 cm³/mol. The third-order valence-electron chi connectivity index (χ3n) is 4.35. The molecule has 4 heteroatoms. The molecule has 26 heavy (non-hydrogen) atoms. The Morgan fingerprint density at radius 3 is 1.65 bits per heavy atom. The summed E-state index contributed by atoms with van der Waals surface area (Å²) >= 11 is 0. The van der Waals surface area contributed by atoms with E-state index < -0.39 is 0 Å². The molecule has 0 saturated carbocycles. The standard InChI is InChI=1S/C22H18N4/c1-26(20-7-3-17(4-8-20)18-11-15-23-16-12-18)21-9-5-19(6-10-21)22-24-13-2-14-25-22/h2-16H,1H3. The van der Waals surface area contributed by atoms with Crippen molar-refractivity contribution in [1.29, 1.82) is 0 Å². The van der Waals surface area contributed by atoms with E-state index >= 15 is 0 Å². The molecule has 2 aromatic heterocycles. The normalized spacial score (nSPS) is 10.5. The van der Waals surface area contributed by atoms with Gasteiger partial charge in [0.2, 0.25) is 0 Å². The van der Waals surface area contributed by atoms with Crippen LogP contribution >= 0.6 is 0 Å². The minimum atomic E-state index is 0.739. The van der Waals surface area contributed by atoms with Gasteiger partial charge in [-0.2, -0.15) is 0 Å². The highest BCUT2D eigenvalue weighted by Crippen LogP contribution is 2.28. The second kappa shape index (κ2) is 7.15. The molecule has 0 aliphatic rings. The number of aromatic nitrogens is 3. The van der Waals surface area contributed by atoms with Crippen molar-refractivity contribution in [3.8, 4) is 22.5 Å². The molecule has 0 aliphatic heterocycles. The lowest BCUT2D eigenvalue weighted by Gasteiger charge is -2.20. The summed E-state index contributed by atoms with van der Waals surface area (Å²) in [5, 5.41) is 0. The first kappa shape index (κ1) is 16.0. The summed E-state index contributed by atoms with van der Waals surface area (Å²) in [5.41, 5.74) is 5.60. The molecule has 2 aromatic carbocycles. The van der Waals surface area contributed by atoms with Gasteiger partial charge in [-0.15, -0.1) is 0 Å². The largest absolute Gasteiger partial charge is 0.345 e. The first-order valence-corrected chi connectivity index (χ1v) is 8.43. The fourth-order valence-corrected chi connectivity index (χ4v) is 2.85. The van der Waals surface area contributed by atoms with Crippen LogP contribution in [-0.2, 0) is 0 Å². The minimum absolute atomic E-state index is 0.739. The van der Waals surface area contributed by atoms with Crippen LogP contribution in [0.1, 0.15) is 0 Å². The van der Waals surface area contributed by atoms with Crippen molar-refractivity contribution >= 4 is 11.4 Å². The van der Waals surface area contributed by atoms with E-state index in [1.165, 1.54) is 11.1 Å². The van der Waals surface area contributed by atoms with Crippen molar-refractivity contribution in [3.63, 3.8) is 0 Å². The van der Waals surface area contributed by atoms with Gasteiger partial charge in [0.05, 0.1) is 0 Å². The van der Waals surface area contributed by atoms with E-state index in [1.807, 2.05) is 42.7 Å². The van der Waals surface area contributed by atoms with Crippen LogP contribution in [0.5, 0.6) is 0 Å². The molecule has 0 atom stereocenters. The molecule has 4 aromatic rings. The molecular formula is C22H18N4. The second-order valence-corrected chi connectivity index (χ2v) is 5.96. The SMILES string of the molecule is CN(c1ccc(-c2ccncc2)cc1)c1ccc(-c2ncccn2)cc1. The monoisotopic (exact) mass is 338 g/mol. The van der Waals surface area contributed by atoms with Crippen LogP contribution in [0.2, 0.25) is 0 Å². The summed E-state index contributed by atoms with van der Waals surface area (Å²) in [6, 6.07) is 22.6. The number of hydrogen-bond donors (Lipinski definition) is 0. The Bertz CT molecular complexity index is 883. The molecule has 0 N–H and O–H groups in total. The summed E-state index contributed by atoms with van der Waals surface area (Å²) in [6.07, 6.45) is 7.14. The zero-order valence-corrected chi connectivity index (χ0v) is 14.4. The number of pyridine rings is 1. The zero-order valence-electron chi connectivity index (χ0n) is 14.4. The Morgan fingerprint density at radius 2 is 1.08 bits per heavy atom. The third kappa shape index (κ3) is 3.30. The summed E-state index contributed by atoms with van der Waals surface area (Å²) in [7, 11) is 2.06. The van der Waals surface area contributed by atoms with Crippen LogP contribution in [0.25, 0.3) is 22.5 Å². The average molecular weight is 338 g/mol. The highest BCUT2D eigenvalue weighted by Gasteiger charge is 2.06. The van der Waals surface area contributed by atoms with Gasteiger partial charge in [-0.3, -0.25) is 4.98 Å². The van der Waals surface area contributed by atoms with Crippen LogP contribution < -0.4 is 4.90 Å². The second-order valence-electron chi connectivity index (χ2n) is 5.96. The van der Waals surface area contributed by atoms with Crippen LogP contribution in [0, 0.1) is 0 Å². The zero-order chi connectivity index (χ0) is 17.8. The fraction of sp³-hybridized carbons (Fsp3) is 0.0455. The van der Waals surface area contributed by atoms with E-state index in [-0.39, 0.29) is 0 Å². The summed E-state index contributed by atoms with van der Waals surface area (Å²) in [5.74, 6) is 0.739. The Kier molecular flexibility index (Phi) is 4.39. The van der Waals surface area contributed by atoms with Crippen LogP contribution in [-0.4, -0.2) is 22.0 Å². The lowest BCUT2D eigenvalue weighted by atomic mass is 10.1. The van der Waals surface area contributed by atoms with E-state index in [4.69, 9.17) is 0 Å². The highest BCUT2D eigenvalue weighted by atomic mass is 15.1. The number of rotatable bonds is 4. The predicted octanol–water partition coefficient (Wildman–Crippen LogP) is 4.97. The molecule has 0 spiro atoms. The van der Waals surface area contributed by atoms with Crippen LogP contribution in [0.4, 0.5) is 11.4 Å². The maximum absolute atomic E-state index is 4.29. The van der Waals surface area contributed by atoms with E-state index in [1.54, 1.807) is 12.4 Å². The van der Waals surface area contributed by atoms with Gasteiger partial charge in [0.15, 0.2) is 5.82 Å². The minimum Gasteiger partial charge on any atom is -0.345 e. The molecule has 0 radical (unpaired) electrons. The van der Waals surface area contributed by atoms with Gasteiger partial charge in [-0.25, -0.2) is 9.97 Å². The molecule has 0 saturated heterocycles. The molecular weight excluding hydrogens is 320 g/mol. The van der Waals surface area contributed by atoms with E-state index in [2.05, 4.69) is 63.3 Å². The van der Waals surface area contributed by atoms with Crippen molar-refractivity contribution < 1.29 is 0 Å². The van der Waals surface area contributed by atoms with Gasteiger partial charge in [-0.05, 0) is 65.7 Å². The summed E-state index contributed by atoms with van der Waals surface area (Å²) in [6.45, 7) is 0. The number of hydrogen-bond acceptors (Lipinski definition) is 4. The van der Waals surface area contributed by atoms with Gasteiger partial charge in [0.25, 0.3) is 0 Å². The highest BCUT2D eigenvalue weighted by molar-refractivity contribution is 5.70. The van der Waals surface area contributed by atoms with Crippen molar-refractivity contribution in [1.82, 2.24) is 15.0 Å². The lowest BCUT2D eigenvalue weighted by molar-refractivity contribution is 1.17. The molecule has 4 rings (SSSR count).